The average molecular weight is 338 g/mol. The van der Waals surface area contributed by atoms with Gasteiger partial charge in [-0.05, 0) is 37.1 Å². The Morgan fingerprint density at radius 1 is 1.00 bits per heavy atom. The molecule has 0 unspecified atom stereocenters. The molecule has 1 aliphatic rings. The third-order valence-corrected chi connectivity index (χ3v) is 4.18. The lowest BCUT2D eigenvalue weighted by Gasteiger charge is -2.19. The Kier molecular flexibility index (Phi) is 3.80. The van der Waals surface area contributed by atoms with E-state index in [-0.39, 0.29) is 0 Å². The molecule has 1 aromatic heterocycles. The Morgan fingerprint density at radius 3 is 2.68 bits per heavy atom. The molecule has 4 rings (SSSR count). The van der Waals surface area contributed by atoms with Gasteiger partial charge < -0.3 is 10.2 Å². The number of nitrogens with one attached hydrogen (secondary N) is 1. The number of halogens is 2. The Bertz CT molecular complexity index is 942. The summed E-state index contributed by atoms with van der Waals surface area (Å²) < 4.78 is 26.5. The number of aromatic nitrogens is 2. The van der Waals surface area contributed by atoms with E-state index in [1.54, 1.807) is 0 Å². The van der Waals surface area contributed by atoms with E-state index < -0.39 is 11.6 Å². The van der Waals surface area contributed by atoms with Gasteiger partial charge in [-0.3, -0.25) is 0 Å². The second kappa shape index (κ2) is 6.12. The van der Waals surface area contributed by atoms with Crippen molar-refractivity contribution in [3.05, 3.63) is 71.4 Å². The first-order valence-corrected chi connectivity index (χ1v) is 8.03. The van der Waals surface area contributed by atoms with Crippen molar-refractivity contribution >= 4 is 23.1 Å². The predicted octanol–water partition coefficient (Wildman–Crippen LogP) is 4.50. The molecular weight excluding hydrogens is 322 g/mol. The van der Waals surface area contributed by atoms with Crippen molar-refractivity contribution in [1.82, 2.24) is 9.97 Å². The molecule has 6 heteroatoms. The molecule has 0 atom stereocenters. The molecule has 1 N–H and O–H groups in total. The molecule has 0 bridgehead atoms. The SMILES string of the molecule is Cc1cc(N2CCc3ccccc32)nc(Nc2ccc(F)c(F)c2)n1. The molecule has 0 aliphatic carbocycles. The van der Waals surface area contributed by atoms with E-state index >= 15 is 0 Å². The van der Waals surface area contributed by atoms with E-state index in [0.29, 0.717) is 11.6 Å². The minimum absolute atomic E-state index is 0.352. The maximum Gasteiger partial charge on any atom is 0.229 e. The van der Waals surface area contributed by atoms with Crippen LogP contribution in [0.4, 0.5) is 31.9 Å². The molecule has 0 spiro atoms. The maximum atomic E-state index is 13.4. The van der Waals surface area contributed by atoms with Gasteiger partial charge in [0.2, 0.25) is 5.95 Å². The number of nitrogens with zero attached hydrogens (tertiary/aromatic N) is 3. The number of aryl methyl sites for hydroxylation is 1. The zero-order valence-corrected chi connectivity index (χ0v) is 13.6. The van der Waals surface area contributed by atoms with E-state index in [4.69, 9.17) is 0 Å². The van der Waals surface area contributed by atoms with Crippen molar-refractivity contribution in [3.63, 3.8) is 0 Å². The molecule has 0 saturated carbocycles. The van der Waals surface area contributed by atoms with Crippen LogP contribution in [0.3, 0.4) is 0 Å². The Labute approximate surface area is 144 Å². The highest BCUT2D eigenvalue weighted by Gasteiger charge is 2.21. The normalized spacial score (nSPS) is 13.0. The summed E-state index contributed by atoms with van der Waals surface area (Å²) in [5.41, 5.74) is 3.62. The van der Waals surface area contributed by atoms with E-state index in [2.05, 4.69) is 32.3 Å². The van der Waals surface area contributed by atoms with Crippen LogP contribution >= 0.6 is 0 Å². The van der Waals surface area contributed by atoms with Crippen molar-refractivity contribution in [2.24, 2.45) is 0 Å². The zero-order valence-electron chi connectivity index (χ0n) is 13.6. The lowest BCUT2D eigenvalue weighted by Crippen LogP contribution is -2.16. The van der Waals surface area contributed by atoms with Crippen molar-refractivity contribution < 1.29 is 8.78 Å². The first-order chi connectivity index (χ1) is 12.1. The minimum atomic E-state index is -0.911. The molecule has 0 amide bonds. The minimum Gasteiger partial charge on any atom is -0.326 e. The van der Waals surface area contributed by atoms with E-state index in [9.17, 15) is 8.78 Å². The summed E-state index contributed by atoms with van der Waals surface area (Å²) in [6.07, 6.45) is 0.963. The van der Waals surface area contributed by atoms with Crippen molar-refractivity contribution in [1.29, 1.82) is 0 Å². The van der Waals surface area contributed by atoms with Gasteiger partial charge in [0.1, 0.15) is 5.82 Å². The highest BCUT2D eigenvalue weighted by Crippen LogP contribution is 2.34. The molecule has 4 nitrogen and oxygen atoms in total. The average Bonchev–Trinajstić information content (AvgIpc) is 3.02. The van der Waals surface area contributed by atoms with Crippen LogP contribution in [0.15, 0.2) is 48.5 Å². The molecule has 0 saturated heterocycles. The van der Waals surface area contributed by atoms with Gasteiger partial charge >= 0.3 is 0 Å². The van der Waals surface area contributed by atoms with E-state index in [1.165, 1.54) is 11.6 Å². The van der Waals surface area contributed by atoms with Gasteiger partial charge in [0.05, 0.1) is 0 Å². The number of fused-ring (bicyclic) bond motifs is 1. The monoisotopic (exact) mass is 338 g/mol. The molecule has 0 fully saturated rings. The molecule has 126 valence electrons. The van der Waals surface area contributed by atoms with Crippen molar-refractivity contribution in [2.75, 3.05) is 16.8 Å². The Hall–Kier alpha value is -3.02. The predicted molar refractivity (Wildman–Crippen MR) is 93.6 cm³/mol. The fraction of sp³-hybridized carbons (Fsp3) is 0.158. The lowest BCUT2D eigenvalue weighted by molar-refractivity contribution is 0.509. The summed E-state index contributed by atoms with van der Waals surface area (Å²) >= 11 is 0. The first kappa shape index (κ1) is 15.5. The fourth-order valence-corrected chi connectivity index (χ4v) is 3.03. The Balaban J connectivity index is 1.66. The third kappa shape index (κ3) is 3.03. The largest absolute Gasteiger partial charge is 0.326 e. The standard InChI is InChI=1S/C19H16F2N4/c1-12-10-18(25-9-8-13-4-2-3-5-17(13)25)24-19(22-12)23-14-6-7-15(20)16(21)11-14/h2-7,10-11H,8-9H2,1H3,(H,22,23,24). The van der Waals surface area contributed by atoms with Gasteiger partial charge in [0.15, 0.2) is 11.6 Å². The number of rotatable bonds is 3. The summed E-state index contributed by atoms with van der Waals surface area (Å²) in [6.45, 7) is 2.73. The van der Waals surface area contributed by atoms with Gasteiger partial charge in [-0.15, -0.1) is 0 Å². The molecule has 0 radical (unpaired) electrons. The fourth-order valence-electron chi connectivity index (χ4n) is 3.03. The highest BCUT2D eigenvalue weighted by atomic mass is 19.2. The van der Waals surface area contributed by atoms with Gasteiger partial charge in [0.25, 0.3) is 0 Å². The van der Waals surface area contributed by atoms with Crippen LogP contribution in [0, 0.1) is 18.6 Å². The molecule has 1 aliphatic heterocycles. The summed E-state index contributed by atoms with van der Waals surface area (Å²) in [6, 6.07) is 13.8. The van der Waals surface area contributed by atoms with Crippen LogP contribution in [0.1, 0.15) is 11.3 Å². The van der Waals surface area contributed by atoms with Crippen LogP contribution in [-0.4, -0.2) is 16.5 Å². The molecule has 25 heavy (non-hydrogen) atoms. The molecular formula is C19H16F2N4. The topological polar surface area (TPSA) is 41.1 Å². The second-order valence-electron chi connectivity index (χ2n) is 5.98. The van der Waals surface area contributed by atoms with Crippen LogP contribution in [0.25, 0.3) is 0 Å². The van der Waals surface area contributed by atoms with Crippen molar-refractivity contribution in [3.8, 4) is 0 Å². The number of para-hydroxylation sites is 1. The Morgan fingerprint density at radius 2 is 1.84 bits per heavy atom. The lowest BCUT2D eigenvalue weighted by atomic mass is 10.2. The molecule has 2 aromatic carbocycles. The molecule has 2 heterocycles. The number of hydrogen-bond donors (Lipinski definition) is 1. The number of benzene rings is 2. The second-order valence-corrected chi connectivity index (χ2v) is 5.98. The molecule has 3 aromatic rings. The smallest absolute Gasteiger partial charge is 0.229 e. The van der Waals surface area contributed by atoms with E-state index in [1.807, 2.05) is 25.1 Å². The van der Waals surface area contributed by atoms with Crippen LogP contribution < -0.4 is 10.2 Å². The summed E-state index contributed by atoms with van der Waals surface area (Å²) in [5.74, 6) is -0.663. The number of hydrogen-bond acceptors (Lipinski definition) is 4. The van der Waals surface area contributed by atoms with Gasteiger partial charge in [-0.1, -0.05) is 18.2 Å². The summed E-state index contributed by atoms with van der Waals surface area (Å²) in [7, 11) is 0. The van der Waals surface area contributed by atoms with Crippen molar-refractivity contribution in [2.45, 2.75) is 13.3 Å². The quantitative estimate of drug-likeness (QED) is 0.763. The summed E-state index contributed by atoms with van der Waals surface area (Å²) in [5, 5.41) is 2.95. The van der Waals surface area contributed by atoms with Gasteiger partial charge in [-0.25, -0.2) is 13.8 Å². The third-order valence-electron chi connectivity index (χ3n) is 4.18. The van der Waals surface area contributed by atoms with E-state index in [0.717, 1.165) is 42.3 Å². The first-order valence-electron chi connectivity index (χ1n) is 8.03. The summed E-state index contributed by atoms with van der Waals surface area (Å²) in [4.78, 5) is 11.0. The van der Waals surface area contributed by atoms with Gasteiger partial charge in [-0.2, -0.15) is 4.98 Å². The van der Waals surface area contributed by atoms with Crippen LogP contribution in [0.5, 0.6) is 0 Å². The highest BCUT2D eigenvalue weighted by molar-refractivity contribution is 5.68. The van der Waals surface area contributed by atoms with Crippen LogP contribution in [-0.2, 0) is 6.42 Å². The number of anilines is 4. The van der Waals surface area contributed by atoms with Gasteiger partial charge in [0, 0.05) is 35.7 Å². The zero-order chi connectivity index (χ0) is 17.4. The maximum absolute atomic E-state index is 13.4. The van der Waals surface area contributed by atoms with Crippen LogP contribution in [0.2, 0.25) is 0 Å².